The molecular weight excluding hydrogens is 182 g/mol. The zero-order valence-electron chi connectivity index (χ0n) is 9.99. The first kappa shape index (κ1) is 11.7. The predicted molar refractivity (Wildman–Crippen MR) is 67.2 cm³/mol. The van der Waals surface area contributed by atoms with Crippen molar-refractivity contribution in [2.24, 2.45) is 0 Å². The second-order valence-electron chi connectivity index (χ2n) is 3.62. The second-order valence-corrected chi connectivity index (χ2v) is 3.62. The van der Waals surface area contributed by atoms with Crippen molar-refractivity contribution in [3.8, 4) is 0 Å². The smallest absolute Gasteiger partial charge is 0.0702 e. The number of pyridine rings is 1. The summed E-state index contributed by atoms with van der Waals surface area (Å²) >= 11 is 0. The Balaban J connectivity index is 0.000000531. The fraction of sp³-hybridized carbons (Fsp3) is 0.357. The van der Waals surface area contributed by atoms with Crippen LogP contribution in [-0.2, 0) is 0 Å². The van der Waals surface area contributed by atoms with Crippen molar-refractivity contribution < 1.29 is 0 Å². The van der Waals surface area contributed by atoms with Crippen LogP contribution in [0.1, 0.15) is 39.2 Å². The molecule has 0 fully saturated rings. The van der Waals surface area contributed by atoms with E-state index >= 15 is 0 Å². The third-order valence-corrected chi connectivity index (χ3v) is 2.28. The highest BCUT2D eigenvalue weighted by Crippen LogP contribution is 2.18. The van der Waals surface area contributed by atoms with E-state index in [1.54, 1.807) is 0 Å². The predicted octanol–water partition coefficient (Wildman–Crippen LogP) is 4.38. The zero-order valence-corrected chi connectivity index (χ0v) is 9.99. The van der Waals surface area contributed by atoms with Gasteiger partial charge in [-0.2, -0.15) is 0 Å². The molecule has 1 aromatic heterocycles. The lowest BCUT2D eigenvalue weighted by Crippen LogP contribution is -1.88. The first-order valence-corrected chi connectivity index (χ1v) is 5.62. The molecule has 2 aromatic rings. The van der Waals surface area contributed by atoms with Gasteiger partial charge in [-0.1, -0.05) is 45.9 Å². The molecule has 1 nitrogen and oxygen atoms in total. The molecule has 0 spiro atoms. The van der Waals surface area contributed by atoms with E-state index in [1.807, 2.05) is 38.2 Å². The van der Waals surface area contributed by atoms with Gasteiger partial charge >= 0.3 is 0 Å². The minimum Gasteiger partial charge on any atom is -0.256 e. The highest BCUT2D eigenvalue weighted by Gasteiger charge is 2.00. The van der Waals surface area contributed by atoms with Gasteiger partial charge in [-0.3, -0.25) is 4.98 Å². The summed E-state index contributed by atoms with van der Waals surface area (Å²) in [5.41, 5.74) is 2.38. The first-order chi connectivity index (χ1) is 7.27. The minimum absolute atomic E-state index is 0.553. The molecule has 0 bridgehead atoms. The lowest BCUT2D eigenvalue weighted by atomic mass is 10.0. The Labute approximate surface area is 92.2 Å². The topological polar surface area (TPSA) is 12.9 Å². The van der Waals surface area contributed by atoms with Crippen LogP contribution in [0.3, 0.4) is 0 Å². The summed E-state index contributed by atoms with van der Waals surface area (Å²) in [6, 6.07) is 10.4. The first-order valence-electron chi connectivity index (χ1n) is 5.62. The maximum absolute atomic E-state index is 4.40. The van der Waals surface area contributed by atoms with Crippen LogP contribution < -0.4 is 0 Å². The molecule has 0 aliphatic heterocycles. The van der Waals surface area contributed by atoms with E-state index in [0.29, 0.717) is 5.92 Å². The van der Waals surface area contributed by atoms with Crippen LogP contribution in [0, 0.1) is 0 Å². The number of benzene rings is 1. The molecule has 1 heterocycles. The maximum atomic E-state index is 4.40. The van der Waals surface area contributed by atoms with Gasteiger partial charge in [0.05, 0.1) is 5.52 Å². The van der Waals surface area contributed by atoms with Gasteiger partial charge in [-0.05, 0) is 23.6 Å². The second kappa shape index (κ2) is 5.50. The quantitative estimate of drug-likeness (QED) is 0.667. The highest BCUT2D eigenvalue weighted by atomic mass is 14.6. The van der Waals surface area contributed by atoms with Gasteiger partial charge in [0.25, 0.3) is 0 Å². The Morgan fingerprint density at radius 2 is 1.73 bits per heavy atom. The average molecular weight is 201 g/mol. The van der Waals surface area contributed by atoms with Crippen LogP contribution in [-0.4, -0.2) is 4.98 Å². The molecule has 15 heavy (non-hydrogen) atoms. The van der Waals surface area contributed by atoms with E-state index in [0.717, 1.165) is 5.52 Å². The molecule has 2 rings (SSSR count). The monoisotopic (exact) mass is 201 g/mol. The van der Waals surface area contributed by atoms with E-state index in [2.05, 4.69) is 31.0 Å². The van der Waals surface area contributed by atoms with Crippen LogP contribution >= 0.6 is 0 Å². The van der Waals surface area contributed by atoms with Crippen LogP contribution in [0.25, 0.3) is 10.9 Å². The number of hydrogen-bond acceptors (Lipinski definition) is 1. The van der Waals surface area contributed by atoms with Crippen molar-refractivity contribution in [1.82, 2.24) is 4.98 Å². The molecular formula is C14H19N. The highest BCUT2D eigenvalue weighted by molar-refractivity contribution is 5.78. The number of fused-ring (bicyclic) bond motifs is 1. The summed E-state index contributed by atoms with van der Waals surface area (Å²) in [5.74, 6) is 0.553. The van der Waals surface area contributed by atoms with Crippen molar-refractivity contribution in [3.63, 3.8) is 0 Å². The molecule has 1 aromatic carbocycles. The molecule has 1 heteroatoms. The fourth-order valence-electron chi connectivity index (χ4n) is 1.40. The maximum Gasteiger partial charge on any atom is 0.0702 e. The van der Waals surface area contributed by atoms with Crippen molar-refractivity contribution in [1.29, 1.82) is 0 Å². The lowest BCUT2D eigenvalue weighted by molar-refractivity contribution is 0.862. The third kappa shape index (κ3) is 2.79. The Morgan fingerprint density at radius 1 is 1.07 bits per heavy atom. The average Bonchev–Trinajstić information content (AvgIpc) is 2.31. The summed E-state index contributed by atoms with van der Waals surface area (Å²) in [7, 11) is 0. The standard InChI is InChI=1S/C12H13N.C2H6/c1-9(2)11-7-10-5-3-4-6-12(10)13-8-11;1-2/h3-9H,1-2H3;1-2H3. The van der Waals surface area contributed by atoms with Gasteiger partial charge in [-0.15, -0.1) is 0 Å². The Hall–Kier alpha value is -1.37. The number of rotatable bonds is 1. The third-order valence-electron chi connectivity index (χ3n) is 2.28. The van der Waals surface area contributed by atoms with Gasteiger partial charge in [0.1, 0.15) is 0 Å². The number of aromatic nitrogens is 1. The van der Waals surface area contributed by atoms with Crippen molar-refractivity contribution >= 4 is 10.9 Å². The van der Waals surface area contributed by atoms with Crippen molar-refractivity contribution in [2.45, 2.75) is 33.6 Å². The van der Waals surface area contributed by atoms with E-state index in [4.69, 9.17) is 0 Å². The molecule has 80 valence electrons. The Bertz CT molecular complexity index is 418. The summed E-state index contributed by atoms with van der Waals surface area (Å²) in [6.45, 7) is 8.37. The zero-order chi connectivity index (χ0) is 11.3. The van der Waals surface area contributed by atoms with Crippen LogP contribution in [0.5, 0.6) is 0 Å². The molecule has 0 aliphatic rings. The van der Waals surface area contributed by atoms with E-state index < -0.39 is 0 Å². The Kier molecular flexibility index (Phi) is 4.29. The lowest BCUT2D eigenvalue weighted by Gasteiger charge is -2.05. The summed E-state index contributed by atoms with van der Waals surface area (Å²) in [4.78, 5) is 4.40. The Morgan fingerprint density at radius 3 is 2.40 bits per heavy atom. The van der Waals surface area contributed by atoms with E-state index in [9.17, 15) is 0 Å². The summed E-state index contributed by atoms with van der Waals surface area (Å²) in [6.07, 6.45) is 1.97. The minimum atomic E-state index is 0.553. The van der Waals surface area contributed by atoms with Gasteiger partial charge in [-0.25, -0.2) is 0 Å². The summed E-state index contributed by atoms with van der Waals surface area (Å²) < 4.78 is 0. The molecule has 0 atom stereocenters. The molecule has 0 N–H and O–H groups in total. The largest absolute Gasteiger partial charge is 0.256 e. The van der Waals surface area contributed by atoms with Crippen molar-refractivity contribution in [3.05, 3.63) is 42.1 Å². The van der Waals surface area contributed by atoms with E-state index in [1.165, 1.54) is 10.9 Å². The molecule has 0 amide bonds. The molecule has 0 saturated carbocycles. The van der Waals surface area contributed by atoms with Crippen LogP contribution in [0.15, 0.2) is 36.5 Å². The normalized spacial score (nSPS) is 9.93. The summed E-state index contributed by atoms with van der Waals surface area (Å²) in [5, 5.41) is 1.23. The van der Waals surface area contributed by atoms with Gasteiger partial charge in [0, 0.05) is 11.6 Å². The van der Waals surface area contributed by atoms with Crippen LogP contribution in [0.4, 0.5) is 0 Å². The van der Waals surface area contributed by atoms with Gasteiger partial charge in [0.2, 0.25) is 0 Å². The number of nitrogens with zero attached hydrogens (tertiary/aromatic N) is 1. The van der Waals surface area contributed by atoms with Crippen molar-refractivity contribution in [2.75, 3.05) is 0 Å². The number of hydrogen-bond donors (Lipinski definition) is 0. The molecule has 0 aliphatic carbocycles. The molecule has 0 unspecified atom stereocenters. The number of para-hydroxylation sites is 1. The fourth-order valence-corrected chi connectivity index (χ4v) is 1.40. The van der Waals surface area contributed by atoms with Crippen LogP contribution in [0.2, 0.25) is 0 Å². The molecule has 0 radical (unpaired) electrons. The van der Waals surface area contributed by atoms with Gasteiger partial charge < -0.3 is 0 Å². The van der Waals surface area contributed by atoms with E-state index in [-0.39, 0.29) is 0 Å². The van der Waals surface area contributed by atoms with Gasteiger partial charge in [0.15, 0.2) is 0 Å². The SMILES string of the molecule is CC.CC(C)c1cnc2ccccc2c1. The molecule has 0 saturated heterocycles.